The number of nitrogens with one attached hydrogen (secondary N) is 2. The van der Waals surface area contributed by atoms with Gasteiger partial charge in [-0.1, -0.05) is 13.8 Å². The molecule has 1 saturated carbocycles. The lowest BCUT2D eigenvalue weighted by molar-refractivity contribution is -0.143. The molecule has 6 atom stereocenters. The van der Waals surface area contributed by atoms with Crippen LogP contribution < -0.4 is 10.6 Å². The highest BCUT2D eigenvalue weighted by molar-refractivity contribution is 5.93. The molecule has 2 aliphatic heterocycles. The topological polar surface area (TPSA) is 143 Å². The predicted molar refractivity (Wildman–Crippen MR) is 105 cm³/mol. The lowest BCUT2D eigenvalue weighted by Gasteiger charge is -2.34. The van der Waals surface area contributed by atoms with Gasteiger partial charge in [0, 0.05) is 26.1 Å². The quantitative estimate of drug-likeness (QED) is 0.553. The van der Waals surface area contributed by atoms with Crippen LogP contribution in [0.4, 0.5) is 4.79 Å². The van der Waals surface area contributed by atoms with Gasteiger partial charge in [0.2, 0.25) is 17.7 Å². The summed E-state index contributed by atoms with van der Waals surface area (Å²) in [4.78, 5) is 51.5. The summed E-state index contributed by atoms with van der Waals surface area (Å²) in [6, 6.07) is -0.457. The third-order valence-corrected chi connectivity index (χ3v) is 7.16. The zero-order valence-corrected chi connectivity index (χ0v) is 17.7. The molecule has 0 aromatic heterocycles. The van der Waals surface area contributed by atoms with E-state index in [0.29, 0.717) is 19.5 Å². The monoisotopic (exact) mass is 419 g/mol. The molecule has 2 saturated heterocycles. The first-order valence-electron chi connectivity index (χ1n) is 10.2. The summed E-state index contributed by atoms with van der Waals surface area (Å²) in [5.41, 5.74) is -0.103. The molecular formula is C20H29N5O5. The molecule has 0 aromatic rings. The van der Waals surface area contributed by atoms with Gasteiger partial charge < -0.3 is 20.6 Å². The van der Waals surface area contributed by atoms with Crippen LogP contribution in [0.5, 0.6) is 0 Å². The van der Waals surface area contributed by atoms with E-state index in [0.717, 1.165) is 4.90 Å². The molecule has 0 radical (unpaired) electrons. The molecule has 4 amide bonds. The number of piperidine rings is 1. The third-order valence-electron chi connectivity index (χ3n) is 7.16. The highest BCUT2D eigenvalue weighted by Gasteiger charge is 2.69. The van der Waals surface area contributed by atoms with E-state index in [1.807, 2.05) is 13.8 Å². The Kier molecular flexibility index (Phi) is 5.67. The van der Waals surface area contributed by atoms with Gasteiger partial charge in [-0.05, 0) is 37.0 Å². The zero-order valence-electron chi connectivity index (χ0n) is 17.7. The smallest absolute Gasteiger partial charge is 0.407 e. The van der Waals surface area contributed by atoms with Gasteiger partial charge in [-0.25, -0.2) is 4.79 Å². The maximum atomic E-state index is 13.1. The van der Waals surface area contributed by atoms with Crippen LogP contribution >= 0.6 is 0 Å². The first kappa shape index (κ1) is 21.9. The summed E-state index contributed by atoms with van der Waals surface area (Å²) in [7, 11) is 1.32. The fraction of sp³-hybridized carbons (Fsp3) is 0.750. The molecule has 10 nitrogen and oxygen atoms in total. The summed E-state index contributed by atoms with van der Waals surface area (Å²) < 4.78 is 0. The standard InChI is InChI=1S/C20H29N5O5/c1-10(24(4)19(29)30)18(28)25-9-13-14(20(13,2)3)15(25)17(27)23-12(8-21)7-11-5-6-22-16(11)26/h10-15H,5-7,9H2,1-4H3,(H,22,26)(H,23,27)(H,29,30)/t10?,11-,12?,13-,14-,15-/m0/s1. The minimum Gasteiger partial charge on any atom is -0.465 e. The second kappa shape index (κ2) is 7.78. The molecule has 164 valence electrons. The van der Waals surface area contributed by atoms with Crippen molar-refractivity contribution in [2.24, 2.45) is 23.2 Å². The Morgan fingerprint density at radius 3 is 2.63 bits per heavy atom. The van der Waals surface area contributed by atoms with Crippen LogP contribution in [-0.2, 0) is 14.4 Å². The molecule has 0 bridgehead atoms. The summed E-state index contributed by atoms with van der Waals surface area (Å²) in [5, 5.41) is 24.1. The van der Waals surface area contributed by atoms with Crippen LogP contribution in [0.25, 0.3) is 0 Å². The fourth-order valence-corrected chi connectivity index (χ4v) is 4.94. The lowest BCUT2D eigenvalue weighted by Crippen LogP contribution is -2.56. The maximum Gasteiger partial charge on any atom is 0.407 e. The number of likely N-dealkylation sites (tertiary alicyclic amines) is 1. The fourth-order valence-electron chi connectivity index (χ4n) is 4.94. The van der Waals surface area contributed by atoms with Crippen molar-refractivity contribution < 1.29 is 24.3 Å². The predicted octanol–water partition coefficient (Wildman–Crippen LogP) is 0.00228. The molecule has 3 N–H and O–H groups in total. The van der Waals surface area contributed by atoms with E-state index in [1.165, 1.54) is 18.9 Å². The van der Waals surface area contributed by atoms with Crippen molar-refractivity contribution in [1.29, 1.82) is 5.26 Å². The summed E-state index contributed by atoms with van der Waals surface area (Å²) >= 11 is 0. The van der Waals surface area contributed by atoms with Crippen LogP contribution in [0.1, 0.15) is 33.6 Å². The van der Waals surface area contributed by atoms with E-state index < -0.39 is 36.0 Å². The number of carbonyl (C=O) groups is 4. The number of likely N-dealkylation sites (N-methyl/N-ethyl adjacent to an activating group) is 1. The summed E-state index contributed by atoms with van der Waals surface area (Å²) in [5.74, 6) is -1.16. The molecule has 3 rings (SSSR count). The van der Waals surface area contributed by atoms with Gasteiger partial charge >= 0.3 is 6.09 Å². The van der Waals surface area contributed by atoms with Gasteiger partial charge in [-0.2, -0.15) is 5.26 Å². The van der Waals surface area contributed by atoms with E-state index >= 15 is 0 Å². The van der Waals surface area contributed by atoms with Crippen LogP contribution in [0.2, 0.25) is 0 Å². The molecule has 0 aromatic carbocycles. The Morgan fingerprint density at radius 1 is 1.43 bits per heavy atom. The number of amides is 4. The van der Waals surface area contributed by atoms with Crippen molar-refractivity contribution in [2.45, 2.75) is 51.7 Å². The molecule has 2 unspecified atom stereocenters. The molecule has 1 aliphatic carbocycles. The molecule has 3 aliphatic rings. The zero-order chi connectivity index (χ0) is 22.4. The molecular weight excluding hydrogens is 390 g/mol. The van der Waals surface area contributed by atoms with Crippen LogP contribution in [0, 0.1) is 34.5 Å². The number of hydrogen-bond acceptors (Lipinski definition) is 5. The van der Waals surface area contributed by atoms with Crippen LogP contribution in [0.15, 0.2) is 0 Å². The van der Waals surface area contributed by atoms with Crippen molar-refractivity contribution in [2.75, 3.05) is 20.1 Å². The van der Waals surface area contributed by atoms with Crippen molar-refractivity contribution in [3.8, 4) is 6.07 Å². The molecule has 10 heteroatoms. The van der Waals surface area contributed by atoms with Gasteiger partial charge in [-0.15, -0.1) is 0 Å². The van der Waals surface area contributed by atoms with Gasteiger partial charge in [0.05, 0.1) is 6.07 Å². The molecule has 0 spiro atoms. The number of fused-ring (bicyclic) bond motifs is 1. The van der Waals surface area contributed by atoms with Gasteiger partial charge in [0.1, 0.15) is 18.1 Å². The number of nitrogens with zero attached hydrogens (tertiary/aromatic N) is 3. The number of hydrogen-bond donors (Lipinski definition) is 3. The molecule has 2 heterocycles. The van der Waals surface area contributed by atoms with Crippen molar-refractivity contribution in [1.82, 2.24) is 20.4 Å². The average molecular weight is 419 g/mol. The second-order valence-electron chi connectivity index (χ2n) is 9.16. The Morgan fingerprint density at radius 2 is 2.10 bits per heavy atom. The van der Waals surface area contributed by atoms with Gasteiger partial charge in [0.15, 0.2) is 0 Å². The number of carboxylic acid groups (broad SMARTS) is 1. The Bertz CT molecular complexity index is 806. The first-order chi connectivity index (χ1) is 14.0. The number of carbonyl (C=O) groups excluding carboxylic acids is 3. The van der Waals surface area contributed by atoms with Crippen molar-refractivity contribution >= 4 is 23.8 Å². The minimum absolute atomic E-state index is 0.0436. The Labute approximate surface area is 175 Å². The van der Waals surface area contributed by atoms with Crippen molar-refractivity contribution in [3.05, 3.63) is 0 Å². The second-order valence-corrected chi connectivity index (χ2v) is 9.16. The largest absolute Gasteiger partial charge is 0.465 e. The van der Waals surface area contributed by atoms with E-state index in [9.17, 15) is 29.5 Å². The molecule has 3 fully saturated rings. The number of rotatable bonds is 6. The SMILES string of the molecule is CC(C(=O)N1C[C@H]2[C@@H]([C@H]1C(=O)NC(C#N)C[C@@H]1CCNC1=O)C2(C)C)N(C)C(=O)O. The molecule has 30 heavy (non-hydrogen) atoms. The van der Waals surface area contributed by atoms with E-state index in [-0.39, 0.29) is 35.5 Å². The van der Waals surface area contributed by atoms with Crippen LogP contribution in [0.3, 0.4) is 0 Å². The maximum absolute atomic E-state index is 13.1. The van der Waals surface area contributed by atoms with E-state index in [4.69, 9.17) is 0 Å². The average Bonchev–Trinajstić information content (AvgIpc) is 3.06. The highest BCUT2D eigenvalue weighted by Crippen LogP contribution is 2.64. The Hall–Kier alpha value is -2.83. The summed E-state index contributed by atoms with van der Waals surface area (Å²) in [6.45, 7) is 6.53. The highest BCUT2D eigenvalue weighted by atomic mass is 16.4. The van der Waals surface area contributed by atoms with Gasteiger partial charge in [-0.3, -0.25) is 19.3 Å². The van der Waals surface area contributed by atoms with Gasteiger partial charge in [0.25, 0.3) is 0 Å². The van der Waals surface area contributed by atoms with E-state index in [1.54, 1.807) is 0 Å². The lowest BCUT2D eigenvalue weighted by atomic mass is 9.97. The Balaban J connectivity index is 1.73. The first-order valence-corrected chi connectivity index (χ1v) is 10.2. The van der Waals surface area contributed by atoms with E-state index in [2.05, 4.69) is 16.7 Å². The minimum atomic E-state index is -1.22. The normalized spacial score (nSPS) is 30.5. The van der Waals surface area contributed by atoms with Crippen LogP contribution in [-0.4, -0.2) is 77.0 Å². The summed E-state index contributed by atoms with van der Waals surface area (Å²) in [6.07, 6.45) is -0.372. The van der Waals surface area contributed by atoms with Crippen molar-refractivity contribution in [3.63, 3.8) is 0 Å². The third kappa shape index (κ3) is 3.68. The number of nitriles is 1.